The van der Waals surface area contributed by atoms with Crippen LogP contribution in [0.4, 0.5) is 10.1 Å². The Kier molecular flexibility index (Phi) is 3.55. The molecule has 1 fully saturated rings. The highest BCUT2D eigenvalue weighted by atomic mass is 19.1. The van der Waals surface area contributed by atoms with Crippen LogP contribution in [-0.4, -0.2) is 22.7 Å². The number of anilines is 1. The van der Waals surface area contributed by atoms with E-state index in [-0.39, 0.29) is 11.9 Å². The topological polar surface area (TPSA) is 60.2 Å². The molecule has 1 aromatic carbocycles. The molecule has 1 N–H and O–H groups in total. The molecule has 21 heavy (non-hydrogen) atoms. The minimum Gasteiger partial charge on any atom is -0.391 e. The molecule has 0 aliphatic carbocycles. The Morgan fingerprint density at radius 3 is 2.62 bits per heavy atom. The van der Waals surface area contributed by atoms with Gasteiger partial charge in [0.15, 0.2) is 0 Å². The molecule has 1 aliphatic heterocycles. The maximum Gasteiger partial charge on any atom is 0.140 e. The first-order valence-corrected chi connectivity index (χ1v) is 6.73. The molecule has 0 saturated carbocycles. The average Bonchev–Trinajstić information content (AvgIpc) is 2.90. The van der Waals surface area contributed by atoms with Crippen LogP contribution in [0.3, 0.4) is 0 Å². The van der Waals surface area contributed by atoms with Crippen LogP contribution in [0.5, 0.6) is 0 Å². The molecule has 2 aromatic rings. The van der Waals surface area contributed by atoms with Crippen molar-refractivity contribution in [3.8, 4) is 6.07 Å². The highest BCUT2D eigenvalue weighted by molar-refractivity contribution is 5.50. The maximum atomic E-state index is 13.1. The van der Waals surface area contributed by atoms with Crippen molar-refractivity contribution < 1.29 is 9.50 Å². The normalized spacial score (nSPS) is 21.3. The predicted octanol–water partition coefficient (Wildman–Crippen LogP) is 2.40. The number of halogens is 1. The van der Waals surface area contributed by atoms with E-state index in [1.54, 1.807) is 24.4 Å². The van der Waals surface area contributed by atoms with Crippen LogP contribution >= 0.6 is 0 Å². The van der Waals surface area contributed by atoms with Crippen LogP contribution in [-0.2, 0) is 0 Å². The number of aromatic nitrogens is 1. The third-order valence-electron chi connectivity index (χ3n) is 3.73. The SMILES string of the molecule is N#Cc1ccc(N2C[C@H](O)C[C@H]2c2ccc(F)cc2)cn1. The molecular weight excluding hydrogens is 269 g/mol. The molecule has 0 spiro atoms. The number of nitriles is 1. The molecule has 3 rings (SSSR count). The van der Waals surface area contributed by atoms with Crippen LogP contribution < -0.4 is 4.90 Å². The van der Waals surface area contributed by atoms with Crippen molar-refractivity contribution in [1.82, 2.24) is 4.98 Å². The summed E-state index contributed by atoms with van der Waals surface area (Å²) in [4.78, 5) is 6.10. The van der Waals surface area contributed by atoms with Crippen molar-refractivity contribution >= 4 is 5.69 Å². The molecule has 1 saturated heterocycles. The van der Waals surface area contributed by atoms with Crippen molar-refractivity contribution in [2.24, 2.45) is 0 Å². The largest absolute Gasteiger partial charge is 0.391 e. The minimum atomic E-state index is -0.435. The number of aliphatic hydroxyl groups excluding tert-OH is 1. The molecule has 2 heterocycles. The molecule has 0 radical (unpaired) electrons. The second-order valence-electron chi connectivity index (χ2n) is 5.12. The smallest absolute Gasteiger partial charge is 0.140 e. The monoisotopic (exact) mass is 283 g/mol. The quantitative estimate of drug-likeness (QED) is 0.919. The second-order valence-corrected chi connectivity index (χ2v) is 5.12. The fraction of sp³-hybridized carbons (Fsp3) is 0.250. The summed E-state index contributed by atoms with van der Waals surface area (Å²) in [6, 6.07) is 11.8. The van der Waals surface area contributed by atoms with Crippen LogP contribution in [0.1, 0.15) is 23.7 Å². The fourth-order valence-corrected chi connectivity index (χ4v) is 2.72. The molecule has 0 bridgehead atoms. The van der Waals surface area contributed by atoms with Crippen molar-refractivity contribution in [3.63, 3.8) is 0 Å². The van der Waals surface area contributed by atoms with E-state index >= 15 is 0 Å². The third kappa shape index (κ3) is 2.71. The molecule has 106 valence electrons. The first-order chi connectivity index (χ1) is 10.2. The highest BCUT2D eigenvalue weighted by Gasteiger charge is 2.32. The number of hydrogen-bond donors (Lipinski definition) is 1. The van der Waals surface area contributed by atoms with Gasteiger partial charge in [-0.2, -0.15) is 5.26 Å². The molecular formula is C16H14FN3O. The summed E-state index contributed by atoms with van der Waals surface area (Å²) in [5, 5.41) is 18.7. The van der Waals surface area contributed by atoms with Gasteiger partial charge in [0.25, 0.3) is 0 Å². The summed E-state index contributed by atoms with van der Waals surface area (Å²) in [5.74, 6) is -0.274. The van der Waals surface area contributed by atoms with Crippen molar-refractivity contribution in [1.29, 1.82) is 5.26 Å². The van der Waals surface area contributed by atoms with E-state index in [0.717, 1.165) is 11.3 Å². The maximum absolute atomic E-state index is 13.1. The summed E-state index contributed by atoms with van der Waals surface area (Å²) in [6.45, 7) is 0.496. The molecule has 2 atom stereocenters. The van der Waals surface area contributed by atoms with E-state index in [1.165, 1.54) is 12.1 Å². The third-order valence-corrected chi connectivity index (χ3v) is 3.73. The van der Waals surface area contributed by atoms with Gasteiger partial charge in [0.05, 0.1) is 24.0 Å². The molecule has 1 aliphatic rings. The van der Waals surface area contributed by atoms with Crippen LogP contribution in [0.25, 0.3) is 0 Å². The van der Waals surface area contributed by atoms with Crippen molar-refractivity contribution in [2.75, 3.05) is 11.4 Å². The Balaban J connectivity index is 1.91. The Morgan fingerprint density at radius 1 is 1.24 bits per heavy atom. The Morgan fingerprint density at radius 2 is 2.00 bits per heavy atom. The summed E-state index contributed by atoms with van der Waals surface area (Å²) >= 11 is 0. The van der Waals surface area contributed by atoms with E-state index in [1.807, 2.05) is 17.0 Å². The lowest BCUT2D eigenvalue weighted by atomic mass is 10.0. The van der Waals surface area contributed by atoms with Gasteiger partial charge in [-0.15, -0.1) is 0 Å². The van der Waals surface area contributed by atoms with E-state index < -0.39 is 6.10 Å². The summed E-state index contributed by atoms with van der Waals surface area (Å²) in [5.41, 5.74) is 2.16. The van der Waals surface area contributed by atoms with Gasteiger partial charge in [0.1, 0.15) is 17.6 Å². The van der Waals surface area contributed by atoms with E-state index in [0.29, 0.717) is 18.7 Å². The lowest BCUT2D eigenvalue weighted by Gasteiger charge is -2.26. The first kappa shape index (κ1) is 13.5. The Labute approximate surface area is 122 Å². The second kappa shape index (κ2) is 5.51. The van der Waals surface area contributed by atoms with Gasteiger partial charge in [-0.05, 0) is 36.2 Å². The van der Waals surface area contributed by atoms with Gasteiger partial charge in [-0.3, -0.25) is 0 Å². The number of pyridine rings is 1. The van der Waals surface area contributed by atoms with E-state index in [2.05, 4.69) is 4.98 Å². The Bertz CT molecular complexity index is 663. The summed E-state index contributed by atoms with van der Waals surface area (Å²) in [6.07, 6.45) is 1.79. The lowest BCUT2D eigenvalue weighted by Crippen LogP contribution is -2.24. The van der Waals surface area contributed by atoms with Crippen molar-refractivity contribution in [3.05, 3.63) is 59.7 Å². The predicted molar refractivity (Wildman–Crippen MR) is 76.1 cm³/mol. The zero-order valence-electron chi connectivity index (χ0n) is 11.3. The highest BCUT2D eigenvalue weighted by Crippen LogP contribution is 2.36. The van der Waals surface area contributed by atoms with E-state index in [4.69, 9.17) is 5.26 Å². The minimum absolute atomic E-state index is 0.0182. The summed E-state index contributed by atoms with van der Waals surface area (Å²) < 4.78 is 13.1. The average molecular weight is 283 g/mol. The van der Waals surface area contributed by atoms with Gasteiger partial charge in [-0.25, -0.2) is 9.37 Å². The number of rotatable bonds is 2. The molecule has 0 unspecified atom stereocenters. The zero-order chi connectivity index (χ0) is 14.8. The van der Waals surface area contributed by atoms with Gasteiger partial charge in [0, 0.05) is 6.54 Å². The Hall–Kier alpha value is -2.45. The number of hydrogen-bond acceptors (Lipinski definition) is 4. The van der Waals surface area contributed by atoms with Crippen molar-refractivity contribution in [2.45, 2.75) is 18.6 Å². The van der Waals surface area contributed by atoms with Crippen LogP contribution in [0, 0.1) is 17.1 Å². The number of benzene rings is 1. The number of nitrogens with zero attached hydrogens (tertiary/aromatic N) is 3. The molecule has 1 aromatic heterocycles. The van der Waals surface area contributed by atoms with Gasteiger partial charge in [-0.1, -0.05) is 12.1 Å². The fourth-order valence-electron chi connectivity index (χ4n) is 2.72. The van der Waals surface area contributed by atoms with Gasteiger partial charge < -0.3 is 10.0 Å². The molecule has 4 nitrogen and oxygen atoms in total. The first-order valence-electron chi connectivity index (χ1n) is 6.73. The number of aliphatic hydroxyl groups is 1. The van der Waals surface area contributed by atoms with E-state index in [9.17, 15) is 9.50 Å². The summed E-state index contributed by atoms with van der Waals surface area (Å²) in [7, 11) is 0. The van der Waals surface area contributed by atoms with Crippen LogP contribution in [0.2, 0.25) is 0 Å². The molecule has 5 heteroatoms. The van der Waals surface area contributed by atoms with Crippen LogP contribution in [0.15, 0.2) is 42.6 Å². The number of β-amino-alcohol motifs (C(OH)–C–C–N with tert-alkyl or cyclic N) is 1. The lowest BCUT2D eigenvalue weighted by molar-refractivity contribution is 0.194. The van der Waals surface area contributed by atoms with Gasteiger partial charge in [0.2, 0.25) is 0 Å². The molecule has 0 amide bonds. The standard InChI is InChI=1S/C16H14FN3O/c17-12-3-1-11(2-4-12)16-7-15(21)10-20(16)14-6-5-13(8-18)19-9-14/h1-6,9,15-16,21H,7,10H2/t15-,16+/m1/s1. The zero-order valence-corrected chi connectivity index (χ0v) is 11.3. The van der Waals surface area contributed by atoms with Gasteiger partial charge >= 0.3 is 0 Å².